The summed E-state index contributed by atoms with van der Waals surface area (Å²) in [6.45, 7) is 0. The minimum absolute atomic E-state index is 0.0318. The van der Waals surface area contributed by atoms with Gasteiger partial charge in [-0.05, 0) is 12.1 Å². The average molecular weight is 310 g/mol. The lowest BCUT2D eigenvalue weighted by Crippen LogP contribution is -1.80. The fourth-order valence-corrected chi connectivity index (χ4v) is 2.58. The zero-order valence-electron chi connectivity index (χ0n) is 9.70. The van der Waals surface area contributed by atoms with Crippen molar-refractivity contribution in [2.75, 3.05) is 0 Å². The molecule has 2 aromatic heterocycles. The van der Waals surface area contributed by atoms with Crippen LogP contribution in [0.25, 0.3) is 0 Å². The molecule has 0 aliphatic carbocycles. The van der Waals surface area contributed by atoms with Gasteiger partial charge in [-0.15, -0.1) is 0 Å². The molecule has 0 amide bonds. The van der Waals surface area contributed by atoms with Crippen molar-refractivity contribution in [2.45, 2.75) is 0 Å². The number of rotatable bonds is 5. The molecule has 0 aliphatic heterocycles. The Kier molecular flexibility index (Phi) is 4.27. The third-order valence-electron chi connectivity index (χ3n) is 2.02. The van der Waals surface area contributed by atoms with Gasteiger partial charge < -0.3 is 0 Å². The smallest absolute Gasteiger partial charge is 0.258 e. The van der Waals surface area contributed by atoms with Crippen molar-refractivity contribution in [3.63, 3.8) is 0 Å². The Morgan fingerprint density at radius 2 is 1.25 bits per heavy atom. The molecular formula is C10H6N4O4S2. The van der Waals surface area contributed by atoms with Crippen molar-refractivity contribution >= 4 is 45.1 Å². The van der Waals surface area contributed by atoms with Gasteiger partial charge in [-0.2, -0.15) is 10.2 Å². The number of hydrogen-bond donors (Lipinski definition) is 0. The first kappa shape index (κ1) is 14.0. The Hall–Kier alpha value is -2.46. The minimum Gasteiger partial charge on any atom is -0.258 e. The van der Waals surface area contributed by atoms with Gasteiger partial charge in [0.25, 0.3) is 0 Å². The van der Waals surface area contributed by atoms with Gasteiger partial charge in [-0.3, -0.25) is 20.2 Å². The van der Waals surface area contributed by atoms with Gasteiger partial charge in [0.15, 0.2) is 0 Å². The maximum absolute atomic E-state index is 10.5. The first-order valence-corrected chi connectivity index (χ1v) is 6.74. The van der Waals surface area contributed by atoms with Gasteiger partial charge in [0.2, 0.25) is 0 Å². The molecule has 0 saturated carbocycles. The Labute approximate surface area is 120 Å². The van der Waals surface area contributed by atoms with Crippen LogP contribution in [0.2, 0.25) is 0 Å². The summed E-state index contributed by atoms with van der Waals surface area (Å²) < 4.78 is 0. The lowest BCUT2D eigenvalue weighted by molar-refractivity contribution is -0.380. The second kappa shape index (κ2) is 6.12. The van der Waals surface area contributed by atoms with Gasteiger partial charge in [-0.1, -0.05) is 22.7 Å². The van der Waals surface area contributed by atoms with Crippen LogP contribution in [0.5, 0.6) is 0 Å². The first-order valence-electron chi connectivity index (χ1n) is 5.11. The van der Waals surface area contributed by atoms with Crippen LogP contribution in [0.1, 0.15) is 9.75 Å². The summed E-state index contributed by atoms with van der Waals surface area (Å²) in [5.41, 5.74) is 0. The fraction of sp³-hybridized carbons (Fsp3) is 0. The maximum Gasteiger partial charge on any atom is 0.324 e. The highest BCUT2D eigenvalue weighted by atomic mass is 32.1. The van der Waals surface area contributed by atoms with Gasteiger partial charge in [0, 0.05) is 12.1 Å². The molecule has 20 heavy (non-hydrogen) atoms. The topological polar surface area (TPSA) is 111 Å². The van der Waals surface area contributed by atoms with E-state index in [-0.39, 0.29) is 10.0 Å². The lowest BCUT2D eigenvalue weighted by Gasteiger charge is -1.81. The van der Waals surface area contributed by atoms with E-state index >= 15 is 0 Å². The Morgan fingerprint density at radius 3 is 1.55 bits per heavy atom. The van der Waals surface area contributed by atoms with Gasteiger partial charge in [-0.25, -0.2) is 0 Å². The monoisotopic (exact) mass is 310 g/mol. The van der Waals surface area contributed by atoms with Crippen LogP contribution in [0, 0.1) is 20.2 Å². The summed E-state index contributed by atoms with van der Waals surface area (Å²) in [7, 11) is 0. The van der Waals surface area contributed by atoms with E-state index in [2.05, 4.69) is 10.2 Å². The van der Waals surface area contributed by atoms with Crippen LogP contribution in [0.4, 0.5) is 10.0 Å². The van der Waals surface area contributed by atoms with Crippen LogP contribution in [-0.2, 0) is 0 Å². The van der Waals surface area contributed by atoms with E-state index in [9.17, 15) is 20.2 Å². The van der Waals surface area contributed by atoms with Gasteiger partial charge >= 0.3 is 10.0 Å². The maximum atomic E-state index is 10.5. The van der Waals surface area contributed by atoms with Crippen molar-refractivity contribution in [1.29, 1.82) is 0 Å². The molecule has 0 unspecified atom stereocenters. The van der Waals surface area contributed by atoms with E-state index in [1.807, 2.05) is 0 Å². The Bertz CT molecular complexity index is 643. The quantitative estimate of drug-likeness (QED) is 0.480. The fourth-order valence-electron chi connectivity index (χ4n) is 1.20. The Balaban J connectivity index is 1.99. The van der Waals surface area contributed by atoms with E-state index in [0.717, 1.165) is 22.7 Å². The molecule has 8 nitrogen and oxygen atoms in total. The predicted molar refractivity (Wildman–Crippen MR) is 77.1 cm³/mol. The molecule has 0 spiro atoms. The third-order valence-corrected chi connectivity index (χ3v) is 3.96. The predicted octanol–water partition coefficient (Wildman–Crippen LogP) is 3.08. The number of nitrogens with zero attached hydrogens (tertiary/aromatic N) is 4. The molecule has 0 aliphatic rings. The highest BCUT2D eigenvalue weighted by molar-refractivity contribution is 7.17. The third kappa shape index (κ3) is 3.52. The normalized spacial score (nSPS) is 11.4. The molecular weight excluding hydrogens is 304 g/mol. The van der Waals surface area contributed by atoms with Gasteiger partial charge in [0.1, 0.15) is 0 Å². The van der Waals surface area contributed by atoms with E-state index < -0.39 is 9.85 Å². The average Bonchev–Trinajstić information content (AvgIpc) is 3.04. The molecule has 2 rings (SSSR count). The summed E-state index contributed by atoms with van der Waals surface area (Å²) in [6, 6.07) is 5.91. The zero-order valence-corrected chi connectivity index (χ0v) is 11.3. The van der Waals surface area contributed by atoms with Crippen LogP contribution in [0.3, 0.4) is 0 Å². The molecule has 10 heteroatoms. The SMILES string of the molecule is O=[N+]([O-])c1ccc(/C=N\N=C/c2ccc([N+](=O)[O-])s2)s1. The molecule has 0 N–H and O–H groups in total. The molecule has 0 radical (unpaired) electrons. The summed E-state index contributed by atoms with van der Waals surface area (Å²) >= 11 is 1.97. The first-order chi connectivity index (χ1) is 9.56. The number of nitro groups is 2. The van der Waals surface area contributed by atoms with Crippen molar-refractivity contribution in [3.05, 3.63) is 54.2 Å². The molecule has 2 aromatic rings. The number of hydrogen-bond acceptors (Lipinski definition) is 8. The molecule has 102 valence electrons. The van der Waals surface area contributed by atoms with Crippen LogP contribution in [0.15, 0.2) is 34.5 Å². The molecule has 0 saturated heterocycles. The summed E-state index contributed by atoms with van der Waals surface area (Å²) in [6.07, 6.45) is 2.77. The number of thiophene rings is 2. The summed E-state index contributed by atoms with van der Waals surface area (Å²) in [5.74, 6) is 0. The van der Waals surface area contributed by atoms with E-state index in [0.29, 0.717) is 9.75 Å². The van der Waals surface area contributed by atoms with E-state index in [1.54, 1.807) is 12.1 Å². The van der Waals surface area contributed by atoms with E-state index in [1.165, 1.54) is 24.6 Å². The minimum atomic E-state index is -0.476. The largest absolute Gasteiger partial charge is 0.324 e. The molecule has 0 aromatic carbocycles. The van der Waals surface area contributed by atoms with Crippen molar-refractivity contribution in [3.8, 4) is 0 Å². The van der Waals surface area contributed by atoms with Crippen LogP contribution < -0.4 is 0 Å². The second-order valence-corrected chi connectivity index (χ2v) is 5.54. The van der Waals surface area contributed by atoms with Gasteiger partial charge in [0.05, 0.1) is 32.0 Å². The summed E-state index contributed by atoms with van der Waals surface area (Å²) in [5, 5.41) is 28.5. The molecule has 0 bridgehead atoms. The summed E-state index contributed by atoms with van der Waals surface area (Å²) in [4.78, 5) is 21.2. The van der Waals surface area contributed by atoms with Crippen molar-refractivity contribution in [1.82, 2.24) is 0 Å². The van der Waals surface area contributed by atoms with Crippen molar-refractivity contribution < 1.29 is 9.85 Å². The van der Waals surface area contributed by atoms with Crippen molar-refractivity contribution in [2.24, 2.45) is 10.2 Å². The molecule has 0 atom stereocenters. The second-order valence-electron chi connectivity index (χ2n) is 3.36. The highest BCUT2D eigenvalue weighted by Gasteiger charge is 2.08. The van der Waals surface area contributed by atoms with Crippen LogP contribution >= 0.6 is 22.7 Å². The Morgan fingerprint density at radius 1 is 0.850 bits per heavy atom. The molecule has 0 fully saturated rings. The van der Waals surface area contributed by atoms with E-state index in [4.69, 9.17) is 0 Å². The molecule has 2 heterocycles. The lowest BCUT2D eigenvalue weighted by atomic mass is 10.5. The zero-order chi connectivity index (χ0) is 14.5. The standard InChI is InChI=1S/C10H6N4O4S2/c15-13(16)9-3-1-7(19-9)5-11-12-6-8-2-4-10(20-8)14(17)18/h1-6H/b11-5-,12-6-. The highest BCUT2D eigenvalue weighted by Crippen LogP contribution is 2.23. The van der Waals surface area contributed by atoms with Crippen LogP contribution in [-0.4, -0.2) is 22.3 Å².